The van der Waals surface area contributed by atoms with Crippen molar-refractivity contribution in [3.63, 3.8) is 0 Å². The van der Waals surface area contributed by atoms with Gasteiger partial charge >= 0.3 is 5.97 Å². The Hall–Kier alpha value is -4.58. The first-order valence-corrected chi connectivity index (χ1v) is 18.0. The molecule has 3 aromatic carbocycles. The maximum absolute atomic E-state index is 15.7. The highest BCUT2D eigenvalue weighted by Gasteiger charge is 2.36. The van der Waals surface area contributed by atoms with Gasteiger partial charge in [0.15, 0.2) is 33.1 Å². The van der Waals surface area contributed by atoms with Crippen molar-refractivity contribution >= 4 is 26.7 Å². The van der Waals surface area contributed by atoms with Gasteiger partial charge in [0.2, 0.25) is 0 Å². The summed E-state index contributed by atoms with van der Waals surface area (Å²) in [6, 6.07) is 14.7. The molecule has 6 rings (SSSR count). The number of methoxy groups -OCH3 is 1. The molecule has 0 aliphatic carbocycles. The van der Waals surface area contributed by atoms with Gasteiger partial charge in [-0.25, -0.2) is 26.9 Å². The Labute approximate surface area is 284 Å². The molecule has 0 saturated heterocycles. The summed E-state index contributed by atoms with van der Waals surface area (Å²) in [7, 11) is -0.562. The molecule has 0 fully saturated rings. The van der Waals surface area contributed by atoms with Crippen molar-refractivity contribution in [2.24, 2.45) is 12.5 Å². The number of hydrogen-bond donors (Lipinski definition) is 1. The molecule has 12 heteroatoms. The number of nitrogens with one attached hydrogen (secondary N) is 1. The molecule has 0 amide bonds. The number of rotatable bonds is 3. The number of carbonyl (C=O) groups excluding carboxylic acids is 1. The van der Waals surface area contributed by atoms with Crippen LogP contribution in [-0.4, -0.2) is 52.8 Å². The first kappa shape index (κ1) is 34.3. The molecular weight excluding hydrogens is 650 g/mol. The number of sulfone groups is 1. The van der Waals surface area contributed by atoms with E-state index in [4.69, 9.17) is 19.6 Å². The van der Waals surface area contributed by atoms with Crippen LogP contribution in [0.1, 0.15) is 62.5 Å². The second kappa shape index (κ2) is 13.0. The number of benzene rings is 3. The lowest BCUT2D eigenvalue weighted by Crippen LogP contribution is -2.29. The van der Waals surface area contributed by atoms with Crippen LogP contribution in [0.4, 0.5) is 8.78 Å². The average Bonchev–Trinajstić information content (AvgIpc) is 3.67. The fourth-order valence-electron chi connectivity index (χ4n) is 6.86. The van der Waals surface area contributed by atoms with E-state index in [9.17, 15) is 13.2 Å². The lowest BCUT2D eigenvalue weighted by atomic mass is 9.75. The van der Waals surface area contributed by atoms with Crippen molar-refractivity contribution in [1.82, 2.24) is 19.7 Å². The summed E-state index contributed by atoms with van der Waals surface area (Å²) in [5.74, 6) is -1.14. The lowest BCUT2D eigenvalue weighted by Gasteiger charge is -2.30. The van der Waals surface area contributed by atoms with Gasteiger partial charge in [-0.3, -0.25) is 4.79 Å². The van der Waals surface area contributed by atoms with Crippen molar-refractivity contribution in [3.8, 4) is 22.9 Å². The van der Waals surface area contributed by atoms with Crippen LogP contribution < -0.4 is 4.74 Å². The molecule has 0 radical (unpaired) electrons. The fraction of sp³-hybridized carbons (Fsp3) is 0.378. The van der Waals surface area contributed by atoms with Crippen LogP contribution in [0, 0.1) is 17.0 Å². The van der Waals surface area contributed by atoms with E-state index in [1.807, 2.05) is 45.0 Å². The number of hydrogen-bond acceptors (Lipinski definition) is 7. The summed E-state index contributed by atoms with van der Waals surface area (Å²) in [6.07, 6.45) is 3.54. The van der Waals surface area contributed by atoms with Crippen molar-refractivity contribution < 1.29 is 31.5 Å². The first-order valence-electron chi connectivity index (χ1n) is 16.2. The zero-order valence-corrected chi connectivity index (χ0v) is 29.1. The molecule has 1 atom stereocenters. The van der Waals surface area contributed by atoms with E-state index < -0.39 is 32.3 Å². The van der Waals surface area contributed by atoms with Crippen LogP contribution in [-0.2, 0) is 44.7 Å². The predicted molar refractivity (Wildman–Crippen MR) is 183 cm³/mol. The van der Waals surface area contributed by atoms with Gasteiger partial charge in [0.05, 0.1) is 36.0 Å². The Kier molecular flexibility index (Phi) is 9.12. The summed E-state index contributed by atoms with van der Waals surface area (Å²) >= 11 is 0. The second-order valence-electron chi connectivity index (χ2n) is 13.9. The van der Waals surface area contributed by atoms with Crippen molar-refractivity contribution in [2.75, 3.05) is 18.6 Å². The van der Waals surface area contributed by atoms with E-state index in [1.54, 1.807) is 19.3 Å². The van der Waals surface area contributed by atoms with Gasteiger partial charge in [0.1, 0.15) is 11.6 Å². The summed E-state index contributed by atoms with van der Waals surface area (Å²) in [6.45, 7) is 5.87. The highest BCUT2D eigenvalue weighted by atomic mass is 32.2. The molecular formula is C37H40F2N4O5S. The SMILES string of the molecule is COC(=O)Cc1cccc(C2(C)CCCC(C)(C)CS(=O)(=O)CCc3c(c(F)cc4[nH]ccc34)Oc3ccc(F)c(c3)-c3nc2nn3C)c1. The third-order valence-corrected chi connectivity index (χ3v) is 11.5. The van der Waals surface area contributed by atoms with Gasteiger partial charge in [-0.05, 0) is 67.0 Å². The number of aromatic amines is 1. The minimum Gasteiger partial charge on any atom is -0.469 e. The minimum absolute atomic E-state index is 0.0283. The van der Waals surface area contributed by atoms with Crippen molar-refractivity contribution in [2.45, 2.75) is 58.3 Å². The van der Waals surface area contributed by atoms with E-state index >= 15 is 8.78 Å². The van der Waals surface area contributed by atoms with Crippen molar-refractivity contribution in [3.05, 3.63) is 94.9 Å². The molecule has 258 valence electrons. The number of ether oxygens (including phenoxy) is 2. The molecule has 1 N–H and O–H groups in total. The minimum atomic E-state index is -3.59. The van der Waals surface area contributed by atoms with Gasteiger partial charge < -0.3 is 14.5 Å². The molecule has 1 aliphatic rings. The number of fused-ring (bicyclic) bond motifs is 8. The second-order valence-corrected chi connectivity index (χ2v) is 16.1. The van der Waals surface area contributed by atoms with Gasteiger partial charge in [0.25, 0.3) is 0 Å². The number of halogens is 2. The van der Waals surface area contributed by atoms with Crippen molar-refractivity contribution in [1.29, 1.82) is 0 Å². The van der Waals surface area contributed by atoms with Gasteiger partial charge in [-0.2, -0.15) is 5.10 Å². The normalized spacial score (nSPS) is 19.3. The molecule has 49 heavy (non-hydrogen) atoms. The molecule has 2 aromatic heterocycles. The molecule has 5 aromatic rings. The molecule has 0 saturated carbocycles. The Morgan fingerprint density at radius 2 is 1.86 bits per heavy atom. The maximum Gasteiger partial charge on any atom is 0.309 e. The highest BCUT2D eigenvalue weighted by Crippen LogP contribution is 2.41. The lowest BCUT2D eigenvalue weighted by molar-refractivity contribution is -0.139. The van der Waals surface area contributed by atoms with Crippen LogP contribution in [0.3, 0.4) is 0 Å². The van der Waals surface area contributed by atoms with E-state index in [0.717, 1.165) is 11.1 Å². The van der Waals surface area contributed by atoms with Gasteiger partial charge in [0, 0.05) is 35.8 Å². The predicted octanol–water partition coefficient (Wildman–Crippen LogP) is 7.22. The summed E-state index contributed by atoms with van der Waals surface area (Å²) in [4.78, 5) is 20.0. The van der Waals surface area contributed by atoms with Crippen LogP contribution in [0.15, 0.2) is 60.8 Å². The standard InChI is InChI=1S/C37H40F2N4O5S/c1-36(2)14-7-15-37(3,24-9-6-8-23(18-24)19-32(44)47-5)35-41-34(43(4)42-35)28-20-25(10-11-29(28)38)48-33-27(13-17-49(45,46)22-36)26-12-16-40-31(26)21-30(33)39/h6,8-12,16,18,20-21,40H,7,13-15,17,19,22H2,1-5H3. The fourth-order valence-corrected chi connectivity index (χ4v) is 8.85. The Morgan fingerprint density at radius 3 is 2.63 bits per heavy atom. The number of nitrogens with zero attached hydrogens (tertiary/aromatic N) is 3. The smallest absolute Gasteiger partial charge is 0.309 e. The van der Waals surface area contributed by atoms with E-state index in [2.05, 4.69) is 4.98 Å². The molecule has 0 spiro atoms. The average molecular weight is 691 g/mol. The Morgan fingerprint density at radius 1 is 1.06 bits per heavy atom. The Bertz CT molecular complexity index is 2160. The molecule has 3 heterocycles. The van der Waals surface area contributed by atoms with E-state index in [0.29, 0.717) is 41.6 Å². The summed E-state index contributed by atoms with van der Waals surface area (Å²) in [5, 5.41) is 5.43. The molecule has 1 unspecified atom stereocenters. The van der Waals surface area contributed by atoms with Crippen LogP contribution in [0.2, 0.25) is 0 Å². The monoisotopic (exact) mass is 690 g/mol. The topological polar surface area (TPSA) is 116 Å². The zero-order chi connectivity index (χ0) is 35.1. The quantitative estimate of drug-likeness (QED) is 0.199. The van der Waals surface area contributed by atoms with E-state index in [1.165, 1.54) is 36.1 Å². The third-order valence-electron chi connectivity index (χ3n) is 9.47. The molecule has 9 nitrogen and oxygen atoms in total. The van der Waals surface area contributed by atoms with Gasteiger partial charge in [-0.1, -0.05) is 44.5 Å². The van der Waals surface area contributed by atoms with Crippen LogP contribution >= 0.6 is 0 Å². The molecule has 1 aliphatic heterocycles. The number of aryl methyl sites for hydroxylation is 2. The van der Waals surface area contributed by atoms with Crippen LogP contribution in [0.25, 0.3) is 22.3 Å². The maximum atomic E-state index is 15.7. The number of esters is 1. The number of carbonyl (C=O) groups is 1. The summed E-state index contributed by atoms with van der Waals surface area (Å²) in [5.41, 5.74) is 1.28. The highest BCUT2D eigenvalue weighted by molar-refractivity contribution is 7.91. The zero-order valence-electron chi connectivity index (χ0n) is 28.3. The summed E-state index contributed by atoms with van der Waals surface area (Å²) < 4.78 is 70.9. The Balaban J connectivity index is 1.51. The van der Waals surface area contributed by atoms with E-state index in [-0.39, 0.29) is 53.2 Å². The number of H-pyrrole nitrogens is 1. The van der Waals surface area contributed by atoms with Gasteiger partial charge in [-0.15, -0.1) is 0 Å². The first-order chi connectivity index (χ1) is 23.2. The molecule has 4 bridgehead atoms. The number of aromatic nitrogens is 4. The van der Waals surface area contributed by atoms with Crippen LogP contribution in [0.5, 0.6) is 11.5 Å². The third kappa shape index (κ3) is 7.10. The largest absolute Gasteiger partial charge is 0.469 e.